The number of aryl methyl sites for hydroxylation is 2. The number of hydrogen-bond donors (Lipinski definition) is 1. The van der Waals surface area contributed by atoms with E-state index in [4.69, 9.17) is 4.98 Å². The van der Waals surface area contributed by atoms with Gasteiger partial charge in [-0.2, -0.15) is 5.10 Å². The lowest BCUT2D eigenvalue weighted by atomic mass is 10.1. The first-order valence-electron chi connectivity index (χ1n) is 11.8. The van der Waals surface area contributed by atoms with Crippen LogP contribution in [0.3, 0.4) is 0 Å². The Balaban J connectivity index is 1.33. The van der Waals surface area contributed by atoms with Crippen molar-refractivity contribution in [2.75, 3.05) is 18.0 Å². The molecule has 174 valence electrons. The van der Waals surface area contributed by atoms with Crippen LogP contribution >= 0.6 is 0 Å². The van der Waals surface area contributed by atoms with Gasteiger partial charge in [0.05, 0.1) is 0 Å². The van der Waals surface area contributed by atoms with Gasteiger partial charge in [0.25, 0.3) is 5.91 Å². The molecular formula is C26H29N7O. The topological polar surface area (TPSA) is 88.8 Å². The van der Waals surface area contributed by atoms with Crippen LogP contribution in [0.1, 0.15) is 47.4 Å². The van der Waals surface area contributed by atoms with Crippen molar-refractivity contribution in [2.24, 2.45) is 7.05 Å². The summed E-state index contributed by atoms with van der Waals surface area (Å²) in [5.74, 6) is 0.835. The number of carbonyl (C=O) groups excluding carboxylic acids is 1. The van der Waals surface area contributed by atoms with Gasteiger partial charge in [-0.3, -0.25) is 4.79 Å². The molecule has 0 spiro atoms. The zero-order chi connectivity index (χ0) is 23.5. The Labute approximate surface area is 199 Å². The van der Waals surface area contributed by atoms with Gasteiger partial charge in [0.2, 0.25) is 5.82 Å². The van der Waals surface area contributed by atoms with Gasteiger partial charge in [0.15, 0.2) is 5.65 Å². The molecule has 0 unspecified atom stereocenters. The lowest BCUT2D eigenvalue weighted by Gasteiger charge is -2.21. The average molecular weight is 456 g/mol. The van der Waals surface area contributed by atoms with Crippen molar-refractivity contribution >= 4 is 22.8 Å². The summed E-state index contributed by atoms with van der Waals surface area (Å²) in [6, 6.07) is 12.2. The van der Waals surface area contributed by atoms with Crippen LogP contribution < -0.4 is 10.2 Å². The molecule has 8 nitrogen and oxygen atoms in total. The Morgan fingerprint density at radius 3 is 2.53 bits per heavy atom. The van der Waals surface area contributed by atoms with Crippen molar-refractivity contribution in [3.05, 3.63) is 65.7 Å². The minimum absolute atomic E-state index is 0.137. The maximum Gasteiger partial charge on any atom is 0.289 e. The third-order valence-corrected chi connectivity index (χ3v) is 6.27. The molecule has 1 aliphatic rings. The normalized spacial score (nSPS) is 14.2. The molecule has 0 saturated carbocycles. The van der Waals surface area contributed by atoms with E-state index >= 15 is 0 Å². The molecule has 1 aromatic carbocycles. The van der Waals surface area contributed by atoms with Crippen LogP contribution in [-0.4, -0.2) is 43.7 Å². The average Bonchev–Trinajstić information content (AvgIpc) is 3.02. The van der Waals surface area contributed by atoms with Gasteiger partial charge in [-0.25, -0.2) is 19.6 Å². The predicted octanol–water partition coefficient (Wildman–Crippen LogP) is 4.04. The highest BCUT2D eigenvalue weighted by atomic mass is 16.2. The van der Waals surface area contributed by atoms with Crippen molar-refractivity contribution in [1.82, 2.24) is 30.0 Å². The van der Waals surface area contributed by atoms with E-state index in [0.29, 0.717) is 6.54 Å². The molecular weight excluding hydrogens is 426 g/mol. The molecule has 0 aliphatic carbocycles. The van der Waals surface area contributed by atoms with Gasteiger partial charge in [-0.05, 0) is 37.5 Å². The number of amides is 1. The van der Waals surface area contributed by atoms with Gasteiger partial charge >= 0.3 is 0 Å². The second kappa shape index (κ2) is 9.59. The van der Waals surface area contributed by atoms with Gasteiger partial charge in [0.1, 0.15) is 11.5 Å². The van der Waals surface area contributed by atoms with E-state index in [2.05, 4.69) is 37.4 Å². The maximum absolute atomic E-state index is 12.5. The van der Waals surface area contributed by atoms with E-state index in [1.807, 2.05) is 38.2 Å². The first-order valence-corrected chi connectivity index (χ1v) is 11.8. The Bertz CT molecular complexity index is 1300. The summed E-state index contributed by atoms with van der Waals surface area (Å²) in [7, 11) is 1.90. The highest BCUT2D eigenvalue weighted by Gasteiger charge is 2.17. The maximum atomic E-state index is 12.5. The Kier molecular flexibility index (Phi) is 6.20. The summed E-state index contributed by atoms with van der Waals surface area (Å²) in [6.07, 6.45) is 8.29. The largest absolute Gasteiger partial charge is 0.357 e. The van der Waals surface area contributed by atoms with Crippen LogP contribution in [0.25, 0.3) is 22.3 Å². The van der Waals surface area contributed by atoms with Crippen molar-refractivity contribution < 1.29 is 4.79 Å². The number of carbonyl (C=O) groups is 1. The van der Waals surface area contributed by atoms with E-state index in [1.165, 1.54) is 25.7 Å². The van der Waals surface area contributed by atoms with E-state index in [9.17, 15) is 4.79 Å². The van der Waals surface area contributed by atoms with Crippen molar-refractivity contribution in [1.29, 1.82) is 0 Å². The van der Waals surface area contributed by atoms with Crippen LogP contribution in [0.2, 0.25) is 0 Å². The molecule has 8 heteroatoms. The molecule has 1 aliphatic heterocycles. The fourth-order valence-corrected chi connectivity index (χ4v) is 4.46. The number of pyridine rings is 1. The quantitative estimate of drug-likeness (QED) is 0.489. The summed E-state index contributed by atoms with van der Waals surface area (Å²) in [6.45, 7) is 4.55. The van der Waals surface area contributed by atoms with Crippen LogP contribution in [0.5, 0.6) is 0 Å². The summed E-state index contributed by atoms with van der Waals surface area (Å²) < 4.78 is 1.80. The van der Waals surface area contributed by atoms with Gasteiger partial charge in [-0.15, -0.1) is 0 Å². The van der Waals surface area contributed by atoms with Crippen molar-refractivity contribution in [3.8, 4) is 11.3 Å². The Morgan fingerprint density at radius 1 is 1.03 bits per heavy atom. The van der Waals surface area contributed by atoms with Crippen LogP contribution in [0, 0.1) is 6.92 Å². The summed E-state index contributed by atoms with van der Waals surface area (Å²) >= 11 is 0. The zero-order valence-corrected chi connectivity index (χ0v) is 19.7. The van der Waals surface area contributed by atoms with Gasteiger partial charge in [-0.1, -0.05) is 42.7 Å². The lowest BCUT2D eigenvalue weighted by molar-refractivity contribution is 0.0940. The second-order valence-electron chi connectivity index (χ2n) is 8.88. The molecule has 1 amide bonds. The Hall–Kier alpha value is -3.81. The van der Waals surface area contributed by atoms with Crippen molar-refractivity contribution in [2.45, 2.75) is 39.2 Å². The molecule has 0 bridgehead atoms. The van der Waals surface area contributed by atoms with E-state index in [0.717, 1.165) is 52.3 Å². The molecule has 4 aromatic rings. The Morgan fingerprint density at radius 2 is 1.79 bits per heavy atom. The predicted molar refractivity (Wildman–Crippen MR) is 133 cm³/mol. The molecule has 5 rings (SSSR count). The minimum atomic E-state index is -0.303. The highest BCUT2D eigenvalue weighted by Crippen LogP contribution is 2.28. The number of nitrogens with zero attached hydrogens (tertiary/aromatic N) is 6. The van der Waals surface area contributed by atoms with E-state index < -0.39 is 0 Å². The molecule has 3 aromatic heterocycles. The lowest BCUT2D eigenvalue weighted by Crippen LogP contribution is -2.24. The standard InChI is InChI=1S/C26H29N7O/c1-18-8-7-9-19(14-18)15-29-26(34)24-27-16-20(17-28-24)23-21-10-11-22(30-25(21)32(2)31-23)33-12-5-3-4-6-13-33/h7-11,14,16-17H,3-6,12-13,15H2,1-2H3,(H,29,34). The monoisotopic (exact) mass is 455 g/mol. The fraction of sp³-hybridized carbons (Fsp3) is 0.346. The SMILES string of the molecule is Cc1cccc(CNC(=O)c2ncc(-c3nn(C)c4nc(N5CCCCCC5)ccc34)cn2)c1. The third kappa shape index (κ3) is 4.62. The number of fused-ring (bicyclic) bond motifs is 1. The molecule has 0 radical (unpaired) electrons. The number of hydrogen-bond acceptors (Lipinski definition) is 6. The molecule has 1 saturated heterocycles. The smallest absolute Gasteiger partial charge is 0.289 e. The first kappa shape index (κ1) is 22.0. The van der Waals surface area contributed by atoms with Crippen LogP contribution in [0.4, 0.5) is 5.82 Å². The molecule has 34 heavy (non-hydrogen) atoms. The summed E-state index contributed by atoms with van der Waals surface area (Å²) in [4.78, 5) is 28.4. The number of benzene rings is 1. The highest BCUT2D eigenvalue weighted by molar-refractivity contribution is 5.93. The van der Waals surface area contributed by atoms with Gasteiger partial charge in [0, 0.05) is 50.0 Å². The number of rotatable bonds is 5. The zero-order valence-electron chi connectivity index (χ0n) is 19.7. The molecule has 1 N–H and O–H groups in total. The fourth-order valence-electron chi connectivity index (χ4n) is 4.46. The number of aromatic nitrogens is 5. The third-order valence-electron chi connectivity index (χ3n) is 6.27. The summed E-state index contributed by atoms with van der Waals surface area (Å²) in [5.41, 5.74) is 4.54. The van der Waals surface area contributed by atoms with E-state index in [-0.39, 0.29) is 11.7 Å². The minimum Gasteiger partial charge on any atom is -0.357 e. The number of nitrogens with one attached hydrogen (secondary N) is 1. The van der Waals surface area contributed by atoms with Crippen LogP contribution in [0.15, 0.2) is 48.8 Å². The van der Waals surface area contributed by atoms with Crippen molar-refractivity contribution in [3.63, 3.8) is 0 Å². The number of anilines is 1. The van der Waals surface area contributed by atoms with Gasteiger partial charge < -0.3 is 10.2 Å². The first-order chi connectivity index (χ1) is 16.6. The van der Waals surface area contributed by atoms with Crippen LogP contribution in [-0.2, 0) is 13.6 Å². The summed E-state index contributed by atoms with van der Waals surface area (Å²) in [5, 5.41) is 8.50. The second-order valence-corrected chi connectivity index (χ2v) is 8.88. The van der Waals surface area contributed by atoms with E-state index in [1.54, 1.807) is 17.1 Å². The molecule has 0 atom stereocenters. The molecule has 4 heterocycles. The molecule has 1 fully saturated rings.